The summed E-state index contributed by atoms with van der Waals surface area (Å²) in [7, 11) is 0. The fraction of sp³-hybridized carbons (Fsp3) is 0.200. The van der Waals surface area contributed by atoms with E-state index in [9.17, 15) is 4.79 Å². The van der Waals surface area contributed by atoms with Gasteiger partial charge >= 0.3 is 0 Å². The van der Waals surface area contributed by atoms with Crippen molar-refractivity contribution in [2.75, 3.05) is 5.73 Å². The van der Waals surface area contributed by atoms with E-state index in [-0.39, 0.29) is 5.91 Å². The number of amides is 1. The molecule has 2 aromatic rings. The van der Waals surface area contributed by atoms with Gasteiger partial charge in [-0.25, -0.2) is 4.98 Å². The van der Waals surface area contributed by atoms with Crippen molar-refractivity contribution < 1.29 is 4.79 Å². The molecule has 4 nitrogen and oxygen atoms in total. The Kier molecular flexibility index (Phi) is 4.74. The number of carbonyl (C=O) groups is 1. The fourth-order valence-electron chi connectivity index (χ4n) is 1.84. The van der Waals surface area contributed by atoms with Crippen LogP contribution in [-0.2, 0) is 13.0 Å². The first-order chi connectivity index (χ1) is 9.60. The first-order valence-electron chi connectivity index (χ1n) is 6.38. The highest BCUT2D eigenvalue weighted by atomic mass is 79.9. The number of halogens is 1. The third-order valence-electron chi connectivity index (χ3n) is 2.92. The lowest BCUT2D eigenvalue weighted by Crippen LogP contribution is -2.23. The molecule has 20 heavy (non-hydrogen) atoms. The Labute approximate surface area is 126 Å². The maximum atomic E-state index is 12.1. The van der Waals surface area contributed by atoms with E-state index < -0.39 is 0 Å². The summed E-state index contributed by atoms with van der Waals surface area (Å²) in [6, 6.07) is 11.1. The van der Waals surface area contributed by atoms with Crippen molar-refractivity contribution in [2.24, 2.45) is 0 Å². The molecular formula is C15H16BrN3O. The summed E-state index contributed by atoms with van der Waals surface area (Å²) in [6.45, 7) is 2.44. The maximum absolute atomic E-state index is 12.1. The van der Waals surface area contributed by atoms with Gasteiger partial charge in [-0.15, -0.1) is 0 Å². The molecule has 0 radical (unpaired) electrons. The molecule has 0 aliphatic rings. The van der Waals surface area contributed by atoms with Crippen molar-refractivity contribution in [1.29, 1.82) is 0 Å². The van der Waals surface area contributed by atoms with E-state index in [0.29, 0.717) is 17.9 Å². The second-order valence-corrected chi connectivity index (χ2v) is 5.25. The fourth-order valence-corrected chi connectivity index (χ4v) is 2.27. The van der Waals surface area contributed by atoms with E-state index >= 15 is 0 Å². The lowest BCUT2D eigenvalue weighted by atomic mass is 10.1. The molecule has 0 fully saturated rings. The van der Waals surface area contributed by atoms with E-state index in [1.807, 2.05) is 31.2 Å². The third-order valence-corrected chi connectivity index (χ3v) is 3.69. The highest BCUT2D eigenvalue weighted by Gasteiger charge is 2.09. The zero-order valence-electron chi connectivity index (χ0n) is 11.2. The van der Waals surface area contributed by atoms with Gasteiger partial charge in [-0.05, 0) is 30.2 Å². The van der Waals surface area contributed by atoms with Gasteiger partial charge in [0.2, 0.25) is 0 Å². The summed E-state index contributed by atoms with van der Waals surface area (Å²) in [6.07, 6.45) is 0.746. The van der Waals surface area contributed by atoms with Crippen LogP contribution in [0.2, 0.25) is 0 Å². The van der Waals surface area contributed by atoms with Crippen molar-refractivity contribution >= 4 is 27.7 Å². The summed E-state index contributed by atoms with van der Waals surface area (Å²) in [5.74, 6) is 0.222. The summed E-state index contributed by atoms with van der Waals surface area (Å²) in [5.41, 5.74) is 8.09. The van der Waals surface area contributed by atoms with Gasteiger partial charge in [-0.1, -0.05) is 41.1 Å². The van der Waals surface area contributed by atoms with E-state index in [0.717, 1.165) is 22.2 Å². The highest BCUT2D eigenvalue weighted by molar-refractivity contribution is 9.10. The molecule has 0 bridgehead atoms. The normalized spacial score (nSPS) is 10.3. The standard InChI is InChI=1S/C15H16BrN3O/c1-2-12-7-11(8-14(17)19-12)15(20)18-9-10-5-3-4-6-13(10)16/h3-8H,2,9H2,1H3,(H2,17,19)(H,18,20). The predicted molar refractivity (Wildman–Crippen MR) is 83.3 cm³/mol. The van der Waals surface area contributed by atoms with Gasteiger partial charge in [0.05, 0.1) is 0 Å². The molecule has 1 heterocycles. The molecule has 0 spiro atoms. The molecule has 2 rings (SSSR count). The number of nitrogens with one attached hydrogen (secondary N) is 1. The lowest BCUT2D eigenvalue weighted by Gasteiger charge is -2.08. The number of aromatic nitrogens is 1. The van der Waals surface area contributed by atoms with Gasteiger partial charge in [0.25, 0.3) is 5.91 Å². The largest absolute Gasteiger partial charge is 0.384 e. The number of pyridine rings is 1. The molecule has 5 heteroatoms. The van der Waals surface area contributed by atoms with Gasteiger partial charge < -0.3 is 11.1 Å². The average molecular weight is 334 g/mol. The van der Waals surface area contributed by atoms with Crippen LogP contribution in [0.1, 0.15) is 28.5 Å². The molecule has 0 aliphatic heterocycles. The summed E-state index contributed by atoms with van der Waals surface area (Å²) < 4.78 is 0.976. The number of hydrogen-bond acceptors (Lipinski definition) is 3. The van der Waals surface area contributed by atoms with E-state index in [1.54, 1.807) is 12.1 Å². The van der Waals surface area contributed by atoms with Crippen molar-refractivity contribution in [3.05, 3.63) is 57.7 Å². The smallest absolute Gasteiger partial charge is 0.251 e. The van der Waals surface area contributed by atoms with Crippen molar-refractivity contribution in [3.63, 3.8) is 0 Å². The van der Waals surface area contributed by atoms with Crippen LogP contribution in [0.5, 0.6) is 0 Å². The van der Waals surface area contributed by atoms with Crippen LogP contribution in [0.3, 0.4) is 0 Å². The summed E-state index contributed by atoms with van der Waals surface area (Å²) in [5, 5.41) is 2.88. The Hall–Kier alpha value is -1.88. The number of nitrogens with zero attached hydrogens (tertiary/aromatic N) is 1. The Morgan fingerprint density at radius 2 is 2.10 bits per heavy atom. The number of carbonyl (C=O) groups excluding carboxylic acids is 1. The molecule has 1 aromatic heterocycles. The molecule has 104 valence electrons. The van der Waals surface area contributed by atoms with Crippen LogP contribution in [-0.4, -0.2) is 10.9 Å². The molecule has 0 saturated heterocycles. The minimum absolute atomic E-state index is 0.149. The molecule has 0 unspecified atom stereocenters. The van der Waals surface area contributed by atoms with Crippen LogP contribution < -0.4 is 11.1 Å². The maximum Gasteiger partial charge on any atom is 0.251 e. The molecule has 1 amide bonds. The summed E-state index contributed by atoms with van der Waals surface area (Å²) in [4.78, 5) is 16.3. The predicted octanol–water partition coefficient (Wildman–Crippen LogP) is 2.92. The number of nitrogen functional groups attached to an aromatic ring is 1. The number of anilines is 1. The number of benzene rings is 1. The van der Waals surface area contributed by atoms with Crippen molar-refractivity contribution in [2.45, 2.75) is 19.9 Å². The molecule has 3 N–H and O–H groups in total. The van der Waals surface area contributed by atoms with Crippen molar-refractivity contribution in [1.82, 2.24) is 10.3 Å². The number of rotatable bonds is 4. The van der Waals surface area contributed by atoms with Crippen molar-refractivity contribution in [3.8, 4) is 0 Å². The van der Waals surface area contributed by atoms with Gasteiger partial charge in [0, 0.05) is 22.3 Å². The minimum Gasteiger partial charge on any atom is -0.384 e. The molecule has 0 atom stereocenters. The van der Waals surface area contributed by atoms with Gasteiger partial charge in [0.15, 0.2) is 0 Å². The Bertz CT molecular complexity index is 628. The number of hydrogen-bond donors (Lipinski definition) is 2. The van der Waals surface area contributed by atoms with Crippen LogP contribution in [0.4, 0.5) is 5.82 Å². The molecule has 0 saturated carbocycles. The van der Waals surface area contributed by atoms with Crippen LogP contribution in [0.15, 0.2) is 40.9 Å². The van der Waals surface area contributed by atoms with E-state index in [4.69, 9.17) is 5.73 Å². The lowest BCUT2D eigenvalue weighted by molar-refractivity contribution is 0.0950. The molecule has 1 aromatic carbocycles. The van der Waals surface area contributed by atoms with Gasteiger partial charge in [-0.3, -0.25) is 4.79 Å². The van der Waals surface area contributed by atoms with Crippen LogP contribution in [0, 0.1) is 0 Å². The van der Waals surface area contributed by atoms with Crippen LogP contribution in [0.25, 0.3) is 0 Å². The van der Waals surface area contributed by atoms with Gasteiger partial charge in [0.1, 0.15) is 5.82 Å². The highest BCUT2D eigenvalue weighted by Crippen LogP contribution is 2.16. The molecule has 0 aliphatic carbocycles. The average Bonchev–Trinajstić information content (AvgIpc) is 2.45. The van der Waals surface area contributed by atoms with E-state index in [1.165, 1.54) is 0 Å². The number of aryl methyl sites for hydroxylation is 1. The number of nitrogens with two attached hydrogens (primary N) is 1. The topological polar surface area (TPSA) is 68.0 Å². The monoisotopic (exact) mass is 333 g/mol. The zero-order chi connectivity index (χ0) is 14.5. The molecular weight excluding hydrogens is 318 g/mol. The van der Waals surface area contributed by atoms with Gasteiger partial charge in [-0.2, -0.15) is 0 Å². The zero-order valence-corrected chi connectivity index (χ0v) is 12.8. The first-order valence-corrected chi connectivity index (χ1v) is 7.17. The third kappa shape index (κ3) is 3.57. The SMILES string of the molecule is CCc1cc(C(=O)NCc2ccccc2Br)cc(N)n1. The Balaban J connectivity index is 2.09. The minimum atomic E-state index is -0.149. The van der Waals surface area contributed by atoms with E-state index in [2.05, 4.69) is 26.2 Å². The second-order valence-electron chi connectivity index (χ2n) is 4.40. The quantitative estimate of drug-likeness (QED) is 0.903. The Morgan fingerprint density at radius 1 is 1.35 bits per heavy atom. The first kappa shape index (κ1) is 14.5. The summed E-state index contributed by atoms with van der Waals surface area (Å²) >= 11 is 3.46. The second kappa shape index (κ2) is 6.52. The Morgan fingerprint density at radius 3 is 2.80 bits per heavy atom. The van der Waals surface area contributed by atoms with Crippen LogP contribution >= 0.6 is 15.9 Å².